The van der Waals surface area contributed by atoms with Gasteiger partial charge in [-0.25, -0.2) is 4.99 Å². The van der Waals surface area contributed by atoms with Crippen LogP contribution >= 0.6 is 24.0 Å². The first-order chi connectivity index (χ1) is 14.4. The Morgan fingerprint density at radius 3 is 2.32 bits per heavy atom. The largest absolute Gasteiger partial charge is 0.379 e. The minimum Gasteiger partial charge on any atom is -0.379 e. The summed E-state index contributed by atoms with van der Waals surface area (Å²) in [5, 5.41) is 15.3. The Hall–Kier alpha value is -0.980. The summed E-state index contributed by atoms with van der Waals surface area (Å²) in [5.41, 5.74) is 0. The lowest BCUT2D eigenvalue weighted by molar-refractivity contribution is 0.0376. The average molecular weight is 551 g/mol. The van der Waals surface area contributed by atoms with Crippen LogP contribution in [-0.4, -0.2) is 95.1 Å². The Morgan fingerprint density at radius 2 is 1.74 bits per heavy atom. The van der Waals surface area contributed by atoms with Crippen LogP contribution in [0, 0.1) is 6.92 Å². The average Bonchev–Trinajstić information content (AvgIpc) is 3.04. The lowest BCUT2D eigenvalue weighted by Crippen LogP contribution is -2.46. The van der Waals surface area contributed by atoms with Crippen molar-refractivity contribution >= 4 is 29.9 Å². The Morgan fingerprint density at radius 1 is 1.10 bits per heavy atom. The van der Waals surface area contributed by atoms with Gasteiger partial charge in [-0.05, 0) is 47.6 Å². The van der Waals surface area contributed by atoms with Gasteiger partial charge in [-0.3, -0.25) is 9.80 Å². The van der Waals surface area contributed by atoms with Gasteiger partial charge in [0.1, 0.15) is 12.4 Å². The molecule has 0 spiro atoms. The van der Waals surface area contributed by atoms with Crippen molar-refractivity contribution in [2.45, 2.75) is 59.7 Å². The SMILES string of the molecule is Cc1nnc(CN=C(NCCCN2CCOCC2)NCCN(C(C)C)C(C)C)n1C.I. The maximum Gasteiger partial charge on any atom is 0.191 e. The zero-order valence-corrected chi connectivity index (χ0v) is 22.6. The number of nitrogens with one attached hydrogen (secondary N) is 2. The van der Waals surface area contributed by atoms with Gasteiger partial charge >= 0.3 is 0 Å². The van der Waals surface area contributed by atoms with Crippen LogP contribution < -0.4 is 10.6 Å². The molecule has 0 saturated carbocycles. The van der Waals surface area contributed by atoms with E-state index in [4.69, 9.17) is 9.73 Å². The third kappa shape index (κ3) is 10.0. The summed E-state index contributed by atoms with van der Waals surface area (Å²) in [6.45, 7) is 19.0. The second-order valence-electron chi connectivity index (χ2n) is 8.47. The maximum absolute atomic E-state index is 5.42. The van der Waals surface area contributed by atoms with Crippen molar-refractivity contribution in [1.29, 1.82) is 0 Å². The van der Waals surface area contributed by atoms with Crippen LogP contribution in [0.3, 0.4) is 0 Å². The highest BCUT2D eigenvalue weighted by molar-refractivity contribution is 14.0. The highest BCUT2D eigenvalue weighted by atomic mass is 127. The number of hydrogen-bond acceptors (Lipinski definition) is 6. The summed E-state index contributed by atoms with van der Waals surface area (Å²) in [4.78, 5) is 9.70. The van der Waals surface area contributed by atoms with E-state index in [2.05, 4.69) is 58.3 Å². The summed E-state index contributed by atoms with van der Waals surface area (Å²) < 4.78 is 7.41. The van der Waals surface area contributed by atoms with Crippen LogP contribution in [0.15, 0.2) is 4.99 Å². The van der Waals surface area contributed by atoms with E-state index in [-0.39, 0.29) is 24.0 Å². The number of halogens is 1. The first kappa shape index (κ1) is 28.1. The van der Waals surface area contributed by atoms with E-state index in [0.29, 0.717) is 18.6 Å². The molecule has 1 saturated heterocycles. The molecular formula is C21H43IN8O. The molecule has 1 aliphatic heterocycles. The van der Waals surface area contributed by atoms with Crippen LogP contribution in [0.4, 0.5) is 0 Å². The molecule has 31 heavy (non-hydrogen) atoms. The fourth-order valence-corrected chi connectivity index (χ4v) is 3.66. The van der Waals surface area contributed by atoms with Crippen molar-refractivity contribution in [2.75, 3.05) is 52.5 Å². The molecule has 1 aliphatic rings. The lowest BCUT2D eigenvalue weighted by atomic mass is 10.2. The van der Waals surface area contributed by atoms with Crippen molar-refractivity contribution in [3.8, 4) is 0 Å². The molecule has 10 heteroatoms. The molecule has 0 aromatic carbocycles. The quantitative estimate of drug-likeness (QED) is 0.188. The molecule has 2 N–H and O–H groups in total. The topological polar surface area (TPSA) is 82.8 Å². The highest BCUT2D eigenvalue weighted by Crippen LogP contribution is 2.03. The van der Waals surface area contributed by atoms with E-state index in [9.17, 15) is 0 Å². The molecule has 0 amide bonds. The summed E-state index contributed by atoms with van der Waals surface area (Å²) in [5.74, 6) is 2.61. The normalized spacial score (nSPS) is 15.6. The standard InChI is InChI=1S/C21H42N8O.HI/c1-17(2)29(18(3)4)11-9-23-21(24-16-20-26-25-19(5)27(20)6)22-8-7-10-28-12-14-30-15-13-28;/h17-18H,7-16H2,1-6H3,(H2,22,23,24);1H. The molecule has 1 fully saturated rings. The monoisotopic (exact) mass is 550 g/mol. The smallest absolute Gasteiger partial charge is 0.191 e. The van der Waals surface area contributed by atoms with Gasteiger partial charge in [0.25, 0.3) is 0 Å². The Balaban J connectivity index is 0.00000480. The molecule has 0 atom stereocenters. The molecule has 0 bridgehead atoms. The molecule has 9 nitrogen and oxygen atoms in total. The fraction of sp³-hybridized carbons (Fsp3) is 0.857. The molecule has 180 valence electrons. The molecule has 1 aromatic heterocycles. The van der Waals surface area contributed by atoms with Gasteiger partial charge in [0, 0.05) is 51.9 Å². The third-order valence-electron chi connectivity index (χ3n) is 5.60. The maximum atomic E-state index is 5.42. The lowest BCUT2D eigenvalue weighted by Gasteiger charge is -2.30. The Labute approximate surface area is 205 Å². The number of nitrogens with zero attached hydrogens (tertiary/aromatic N) is 6. The van der Waals surface area contributed by atoms with Gasteiger partial charge in [-0.15, -0.1) is 34.2 Å². The summed E-state index contributed by atoms with van der Waals surface area (Å²) in [7, 11) is 1.98. The fourth-order valence-electron chi connectivity index (χ4n) is 3.66. The summed E-state index contributed by atoms with van der Waals surface area (Å²) in [6.07, 6.45) is 1.08. The highest BCUT2D eigenvalue weighted by Gasteiger charge is 2.13. The number of ether oxygens (including phenoxy) is 1. The van der Waals surface area contributed by atoms with Gasteiger partial charge in [-0.1, -0.05) is 0 Å². The van der Waals surface area contributed by atoms with Gasteiger partial charge in [0.2, 0.25) is 0 Å². The molecular weight excluding hydrogens is 507 g/mol. The Kier molecular flexibility index (Phi) is 13.5. The number of aliphatic imine (C=N–C) groups is 1. The predicted octanol–water partition coefficient (Wildman–Crippen LogP) is 1.62. The van der Waals surface area contributed by atoms with Crippen molar-refractivity contribution in [1.82, 2.24) is 35.2 Å². The second-order valence-corrected chi connectivity index (χ2v) is 8.47. The molecule has 0 radical (unpaired) electrons. The van der Waals surface area contributed by atoms with Gasteiger partial charge in [0.15, 0.2) is 11.8 Å². The van der Waals surface area contributed by atoms with Gasteiger partial charge in [-0.2, -0.15) is 0 Å². The first-order valence-corrected chi connectivity index (χ1v) is 11.3. The third-order valence-corrected chi connectivity index (χ3v) is 5.60. The van der Waals surface area contributed by atoms with E-state index in [0.717, 1.165) is 76.5 Å². The first-order valence-electron chi connectivity index (χ1n) is 11.3. The van der Waals surface area contributed by atoms with Crippen LogP contribution in [0.1, 0.15) is 45.8 Å². The number of morpholine rings is 1. The van der Waals surface area contributed by atoms with Crippen LogP contribution in [0.25, 0.3) is 0 Å². The van der Waals surface area contributed by atoms with Crippen LogP contribution in [0.2, 0.25) is 0 Å². The minimum atomic E-state index is 0. The predicted molar refractivity (Wildman–Crippen MR) is 137 cm³/mol. The van der Waals surface area contributed by atoms with E-state index < -0.39 is 0 Å². The number of aromatic nitrogens is 3. The minimum absolute atomic E-state index is 0. The molecule has 0 unspecified atom stereocenters. The van der Waals surface area contributed by atoms with Crippen LogP contribution in [0.5, 0.6) is 0 Å². The number of aryl methyl sites for hydroxylation is 1. The van der Waals surface area contributed by atoms with Crippen molar-refractivity contribution in [3.63, 3.8) is 0 Å². The summed E-state index contributed by atoms with van der Waals surface area (Å²) >= 11 is 0. The Bertz CT molecular complexity index is 635. The second kappa shape index (κ2) is 15.0. The van der Waals surface area contributed by atoms with Crippen molar-refractivity contribution in [3.05, 3.63) is 11.6 Å². The molecule has 1 aromatic rings. The van der Waals surface area contributed by atoms with E-state index in [1.54, 1.807) is 0 Å². The van der Waals surface area contributed by atoms with Crippen molar-refractivity contribution in [2.24, 2.45) is 12.0 Å². The van der Waals surface area contributed by atoms with Gasteiger partial charge in [0.05, 0.1) is 13.2 Å². The number of guanidine groups is 1. The van der Waals surface area contributed by atoms with E-state index in [1.165, 1.54) is 0 Å². The van der Waals surface area contributed by atoms with Crippen molar-refractivity contribution < 1.29 is 4.74 Å². The van der Waals surface area contributed by atoms with E-state index in [1.807, 2.05) is 18.5 Å². The van der Waals surface area contributed by atoms with E-state index >= 15 is 0 Å². The number of hydrogen-bond donors (Lipinski definition) is 2. The zero-order chi connectivity index (χ0) is 21.9. The molecule has 0 aliphatic carbocycles. The molecule has 2 rings (SSSR count). The van der Waals surface area contributed by atoms with Gasteiger partial charge < -0.3 is 19.9 Å². The van der Waals surface area contributed by atoms with Crippen LogP contribution in [-0.2, 0) is 18.3 Å². The zero-order valence-electron chi connectivity index (χ0n) is 20.2. The molecule has 2 heterocycles. The number of rotatable bonds is 11. The summed E-state index contributed by atoms with van der Waals surface area (Å²) in [6, 6.07) is 1.05.